The first-order chi connectivity index (χ1) is 12.4. The molecule has 2 rings (SSSR count). The van der Waals surface area contributed by atoms with Gasteiger partial charge in [-0.05, 0) is 37.6 Å². The molecule has 138 valence electrons. The van der Waals surface area contributed by atoms with Crippen LogP contribution in [0.1, 0.15) is 37.8 Å². The normalized spacial score (nSPS) is 11.1. The van der Waals surface area contributed by atoms with E-state index in [1.165, 1.54) is 0 Å². The predicted octanol–water partition coefficient (Wildman–Crippen LogP) is 4.70. The van der Waals surface area contributed by atoms with Gasteiger partial charge < -0.3 is 9.64 Å². The second-order valence-corrected chi connectivity index (χ2v) is 5.49. The molecule has 0 aliphatic carbocycles. The Kier molecular flexibility index (Phi) is 6.39. The van der Waals surface area contributed by atoms with Gasteiger partial charge >= 0.3 is 6.18 Å². The topological polar surface area (TPSA) is 62.0 Å². The van der Waals surface area contributed by atoms with E-state index < -0.39 is 17.6 Å². The first-order valence-corrected chi connectivity index (χ1v) is 8.25. The van der Waals surface area contributed by atoms with Gasteiger partial charge in [-0.1, -0.05) is 13.3 Å². The molecular formula is C18H19F3N4O. The largest absolute Gasteiger partial charge is 0.477 e. The Morgan fingerprint density at radius 1 is 1.19 bits per heavy atom. The van der Waals surface area contributed by atoms with Crippen LogP contribution in [0.5, 0.6) is 5.88 Å². The Morgan fingerprint density at radius 3 is 2.42 bits per heavy atom. The third kappa shape index (κ3) is 4.63. The van der Waals surface area contributed by atoms with Gasteiger partial charge in [0.15, 0.2) is 0 Å². The van der Waals surface area contributed by atoms with Crippen molar-refractivity contribution in [2.45, 2.75) is 32.9 Å². The maximum absolute atomic E-state index is 13.2. The van der Waals surface area contributed by atoms with Crippen molar-refractivity contribution in [3.63, 3.8) is 0 Å². The molecule has 0 amide bonds. The van der Waals surface area contributed by atoms with Crippen LogP contribution in [-0.2, 0) is 6.18 Å². The fourth-order valence-electron chi connectivity index (χ4n) is 2.26. The third-order valence-electron chi connectivity index (χ3n) is 3.65. The van der Waals surface area contributed by atoms with Crippen molar-refractivity contribution < 1.29 is 17.9 Å². The first-order valence-electron chi connectivity index (χ1n) is 8.25. The standard InChI is InChI=1S/C18H19F3N4O/c1-3-5-10-26-16-15(18(19,20)21)12-23-17(24-16)25(4-2)14-8-6-13(11-22)7-9-14/h6-9,12H,3-5,10H2,1-2H3. The lowest BCUT2D eigenvalue weighted by molar-refractivity contribution is -0.139. The number of unbranched alkanes of at least 4 members (excludes halogenated alkanes) is 1. The zero-order valence-electron chi connectivity index (χ0n) is 14.5. The molecule has 1 heterocycles. The Hall–Kier alpha value is -2.82. The number of aromatic nitrogens is 2. The minimum Gasteiger partial charge on any atom is -0.477 e. The summed E-state index contributed by atoms with van der Waals surface area (Å²) in [6, 6.07) is 8.66. The molecule has 0 atom stereocenters. The molecule has 0 N–H and O–H groups in total. The highest BCUT2D eigenvalue weighted by molar-refractivity contribution is 5.59. The maximum Gasteiger partial charge on any atom is 0.423 e. The molecule has 0 aliphatic rings. The summed E-state index contributed by atoms with van der Waals surface area (Å²) in [6.45, 7) is 4.34. The molecule has 0 aliphatic heterocycles. The summed E-state index contributed by atoms with van der Waals surface area (Å²) in [6.07, 6.45) is -2.42. The third-order valence-corrected chi connectivity index (χ3v) is 3.65. The lowest BCUT2D eigenvalue weighted by Crippen LogP contribution is -2.21. The van der Waals surface area contributed by atoms with Crippen LogP contribution in [0.15, 0.2) is 30.5 Å². The lowest BCUT2D eigenvalue weighted by atomic mass is 10.2. The summed E-state index contributed by atoms with van der Waals surface area (Å²) in [7, 11) is 0. The van der Waals surface area contributed by atoms with Gasteiger partial charge in [-0.15, -0.1) is 0 Å². The van der Waals surface area contributed by atoms with Crippen molar-refractivity contribution in [1.29, 1.82) is 5.26 Å². The van der Waals surface area contributed by atoms with Gasteiger partial charge in [0.05, 0.1) is 18.2 Å². The average Bonchev–Trinajstić information content (AvgIpc) is 2.62. The van der Waals surface area contributed by atoms with Crippen molar-refractivity contribution in [3.05, 3.63) is 41.6 Å². The van der Waals surface area contributed by atoms with Crippen LogP contribution in [0.4, 0.5) is 24.8 Å². The van der Waals surface area contributed by atoms with Gasteiger partial charge in [-0.25, -0.2) is 4.98 Å². The number of alkyl halides is 3. The Labute approximate surface area is 150 Å². The predicted molar refractivity (Wildman–Crippen MR) is 91.3 cm³/mol. The van der Waals surface area contributed by atoms with Gasteiger partial charge in [0.2, 0.25) is 11.8 Å². The number of nitrogens with zero attached hydrogens (tertiary/aromatic N) is 4. The zero-order chi connectivity index (χ0) is 19.2. The molecule has 0 spiro atoms. The van der Waals surface area contributed by atoms with E-state index in [1.807, 2.05) is 19.9 Å². The molecule has 1 aromatic heterocycles. The van der Waals surface area contributed by atoms with Crippen LogP contribution in [0, 0.1) is 11.3 Å². The molecule has 0 fully saturated rings. The number of halogens is 3. The summed E-state index contributed by atoms with van der Waals surface area (Å²) in [4.78, 5) is 9.53. The number of hydrogen-bond acceptors (Lipinski definition) is 5. The van der Waals surface area contributed by atoms with E-state index >= 15 is 0 Å². The minimum absolute atomic E-state index is 0.108. The number of rotatable bonds is 7. The fraction of sp³-hybridized carbons (Fsp3) is 0.389. The Bertz CT molecular complexity index is 769. The Morgan fingerprint density at radius 2 is 1.88 bits per heavy atom. The van der Waals surface area contributed by atoms with E-state index in [9.17, 15) is 13.2 Å². The smallest absolute Gasteiger partial charge is 0.423 e. The summed E-state index contributed by atoms with van der Waals surface area (Å²) >= 11 is 0. The SMILES string of the molecule is CCCCOc1nc(N(CC)c2ccc(C#N)cc2)ncc1C(F)(F)F. The number of hydrogen-bond donors (Lipinski definition) is 0. The van der Waals surface area contributed by atoms with Crippen LogP contribution >= 0.6 is 0 Å². The molecule has 0 saturated heterocycles. The zero-order valence-corrected chi connectivity index (χ0v) is 14.5. The van der Waals surface area contributed by atoms with E-state index in [1.54, 1.807) is 29.2 Å². The first kappa shape index (κ1) is 19.5. The van der Waals surface area contributed by atoms with Gasteiger partial charge in [0.1, 0.15) is 5.56 Å². The van der Waals surface area contributed by atoms with Crippen LogP contribution in [0.3, 0.4) is 0 Å². The number of nitriles is 1. The van der Waals surface area contributed by atoms with E-state index in [4.69, 9.17) is 10.00 Å². The highest BCUT2D eigenvalue weighted by atomic mass is 19.4. The van der Waals surface area contributed by atoms with Gasteiger partial charge in [-0.2, -0.15) is 23.4 Å². The molecular weight excluding hydrogens is 345 g/mol. The van der Waals surface area contributed by atoms with Crippen LogP contribution < -0.4 is 9.64 Å². The Balaban J connectivity index is 2.39. The van der Waals surface area contributed by atoms with Crippen LogP contribution in [-0.4, -0.2) is 23.1 Å². The molecule has 0 saturated carbocycles. The number of benzene rings is 1. The second kappa shape index (κ2) is 8.52. The van der Waals surface area contributed by atoms with Crippen LogP contribution in [0.25, 0.3) is 0 Å². The molecule has 5 nitrogen and oxygen atoms in total. The van der Waals surface area contributed by atoms with E-state index in [0.29, 0.717) is 24.2 Å². The monoisotopic (exact) mass is 364 g/mol. The lowest BCUT2D eigenvalue weighted by Gasteiger charge is -2.22. The average molecular weight is 364 g/mol. The summed E-state index contributed by atoms with van der Waals surface area (Å²) in [5.41, 5.74) is 0.167. The van der Waals surface area contributed by atoms with Crippen molar-refractivity contribution in [2.75, 3.05) is 18.1 Å². The summed E-state index contributed by atoms with van der Waals surface area (Å²) in [5, 5.41) is 8.88. The van der Waals surface area contributed by atoms with Crippen LogP contribution in [0.2, 0.25) is 0 Å². The number of anilines is 2. The van der Waals surface area contributed by atoms with Gasteiger partial charge in [0, 0.05) is 18.4 Å². The quantitative estimate of drug-likeness (QED) is 0.666. The van der Waals surface area contributed by atoms with E-state index in [0.717, 1.165) is 12.6 Å². The summed E-state index contributed by atoms with van der Waals surface area (Å²) < 4.78 is 44.8. The number of ether oxygens (including phenoxy) is 1. The highest BCUT2D eigenvalue weighted by Crippen LogP contribution is 2.36. The van der Waals surface area contributed by atoms with Crippen molar-refractivity contribution in [2.24, 2.45) is 0 Å². The minimum atomic E-state index is -4.59. The van der Waals surface area contributed by atoms with E-state index in [-0.39, 0.29) is 12.6 Å². The summed E-state index contributed by atoms with van der Waals surface area (Å²) in [5.74, 6) is -0.361. The molecule has 0 bridgehead atoms. The molecule has 8 heteroatoms. The molecule has 0 unspecified atom stereocenters. The van der Waals surface area contributed by atoms with Crippen molar-refractivity contribution in [3.8, 4) is 11.9 Å². The maximum atomic E-state index is 13.2. The molecule has 2 aromatic rings. The van der Waals surface area contributed by atoms with E-state index in [2.05, 4.69) is 9.97 Å². The van der Waals surface area contributed by atoms with Gasteiger partial charge in [0.25, 0.3) is 0 Å². The molecule has 0 radical (unpaired) electrons. The second-order valence-electron chi connectivity index (χ2n) is 5.49. The van der Waals surface area contributed by atoms with Crippen molar-refractivity contribution >= 4 is 11.6 Å². The highest BCUT2D eigenvalue weighted by Gasteiger charge is 2.36. The van der Waals surface area contributed by atoms with Crippen molar-refractivity contribution in [1.82, 2.24) is 9.97 Å². The van der Waals surface area contributed by atoms with Gasteiger partial charge in [-0.3, -0.25) is 0 Å². The molecule has 26 heavy (non-hydrogen) atoms. The fourth-order valence-corrected chi connectivity index (χ4v) is 2.26. The molecule has 1 aromatic carbocycles.